The van der Waals surface area contributed by atoms with Gasteiger partial charge < -0.3 is 20.9 Å². The van der Waals surface area contributed by atoms with Gasteiger partial charge in [0.05, 0.1) is 18.8 Å². The Balaban J connectivity index is 2.81. The van der Waals surface area contributed by atoms with Gasteiger partial charge >= 0.3 is 5.97 Å². The number of aliphatic hydroxyl groups is 1. The molecule has 0 saturated carbocycles. The Bertz CT molecular complexity index is 472. The van der Waals surface area contributed by atoms with Gasteiger partial charge in [-0.05, 0) is 37.0 Å². The van der Waals surface area contributed by atoms with E-state index in [0.29, 0.717) is 23.7 Å². The van der Waals surface area contributed by atoms with Gasteiger partial charge in [0.15, 0.2) is 0 Å². The van der Waals surface area contributed by atoms with Crippen molar-refractivity contribution in [1.82, 2.24) is 0 Å². The molecular formula is C15H24N2O3. The summed E-state index contributed by atoms with van der Waals surface area (Å²) >= 11 is 0. The molecule has 112 valence electrons. The number of carbonyl (C=O) groups excluding carboxylic acids is 1. The Labute approximate surface area is 120 Å². The van der Waals surface area contributed by atoms with Crippen molar-refractivity contribution in [3.63, 3.8) is 0 Å². The van der Waals surface area contributed by atoms with Gasteiger partial charge in [0.25, 0.3) is 0 Å². The highest BCUT2D eigenvalue weighted by molar-refractivity contribution is 5.97. The summed E-state index contributed by atoms with van der Waals surface area (Å²) in [7, 11) is 1.32. The summed E-state index contributed by atoms with van der Waals surface area (Å²) in [6.07, 6.45) is 0.305. The molecule has 0 fully saturated rings. The molecule has 0 aromatic heterocycles. The third-order valence-corrected chi connectivity index (χ3v) is 3.08. The van der Waals surface area contributed by atoms with Crippen molar-refractivity contribution < 1.29 is 14.6 Å². The van der Waals surface area contributed by atoms with Gasteiger partial charge in [-0.2, -0.15) is 0 Å². The fourth-order valence-electron chi connectivity index (χ4n) is 2.04. The zero-order valence-corrected chi connectivity index (χ0v) is 12.6. The first-order valence-electron chi connectivity index (χ1n) is 6.75. The molecule has 1 rings (SSSR count). The Morgan fingerprint density at radius 3 is 2.65 bits per heavy atom. The number of ether oxygens (including phenoxy) is 1. The minimum absolute atomic E-state index is 0.341. The van der Waals surface area contributed by atoms with Gasteiger partial charge in [0, 0.05) is 17.9 Å². The summed E-state index contributed by atoms with van der Waals surface area (Å²) in [4.78, 5) is 11.6. The molecule has 1 atom stereocenters. The second-order valence-corrected chi connectivity index (χ2v) is 5.41. The summed E-state index contributed by atoms with van der Waals surface area (Å²) in [5.41, 5.74) is 8.18. The highest BCUT2D eigenvalue weighted by Crippen LogP contribution is 2.23. The second-order valence-electron chi connectivity index (χ2n) is 5.41. The van der Waals surface area contributed by atoms with Gasteiger partial charge in [-0.25, -0.2) is 4.79 Å². The number of rotatable bonds is 6. The van der Waals surface area contributed by atoms with E-state index in [4.69, 9.17) is 10.5 Å². The van der Waals surface area contributed by atoms with E-state index in [9.17, 15) is 9.90 Å². The smallest absolute Gasteiger partial charge is 0.340 e. The maximum absolute atomic E-state index is 11.6. The standard InChI is InChI=1S/C15H24N2O3/c1-9(2)5-12(18)8-17-11-6-10(3)14(16)13(7-11)15(19)20-4/h6-7,9,12,17-18H,5,8,16H2,1-4H3. The number of esters is 1. The molecule has 0 bridgehead atoms. The molecule has 0 amide bonds. The predicted octanol–water partition coefficient (Wildman–Crippen LogP) is 2.18. The van der Waals surface area contributed by atoms with Crippen molar-refractivity contribution in [2.24, 2.45) is 5.92 Å². The van der Waals surface area contributed by atoms with E-state index in [0.717, 1.165) is 17.7 Å². The summed E-state index contributed by atoms with van der Waals surface area (Å²) < 4.78 is 4.71. The van der Waals surface area contributed by atoms with Crippen LogP contribution in [0.25, 0.3) is 0 Å². The van der Waals surface area contributed by atoms with Crippen LogP contribution in [-0.4, -0.2) is 30.8 Å². The van der Waals surface area contributed by atoms with Gasteiger partial charge in [-0.1, -0.05) is 13.8 Å². The highest BCUT2D eigenvalue weighted by Gasteiger charge is 2.14. The molecule has 0 spiro atoms. The first-order chi connectivity index (χ1) is 9.35. The zero-order chi connectivity index (χ0) is 15.3. The Hall–Kier alpha value is -1.75. The normalized spacial score (nSPS) is 12.3. The lowest BCUT2D eigenvalue weighted by Gasteiger charge is -2.16. The Morgan fingerprint density at radius 2 is 2.10 bits per heavy atom. The molecule has 0 aliphatic rings. The van der Waals surface area contributed by atoms with E-state index in [2.05, 4.69) is 19.2 Å². The lowest BCUT2D eigenvalue weighted by atomic mass is 10.0. The summed E-state index contributed by atoms with van der Waals surface area (Å²) in [6, 6.07) is 3.50. The quantitative estimate of drug-likeness (QED) is 0.549. The number of aryl methyl sites for hydroxylation is 1. The van der Waals surface area contributed by atoms with E-state index < -0.39 is 12.1 Å². The predicted molar refractivity (Wildman–Crippen MR) is 80.9 cm³/mol. The van der Waals surface area contributed by atoms with Crippen LogP contribution in [0.1, 0.15) is 36.2 Å². The molecule has 0 aliphatic carbocycles. The third-order valence-electron chi connectivity index (χ3n) is 3.08. The summed E-state index contributed by atoms with van der Waals surface area (Å²) in [5, 5.41) is 13.0. The third kappa shape index (κ3) is 4.42. The largest absolute Gasteiger partial charge is 0.465 e. The van der Waals surface area contributed by atoms with Crippen LogP contribution in [0.4, 0.5) is 11.4 Å². The number of nitrogens with one attached hydrogen (secondary N) is 1. The van der Waals surface area contributed by atoms with Gasteiger partial charge in [-0.15, -0.1) is 0 Å². The van der Waals surface area contributed by atoms with Crippen LogP contribution < -0.4 is 11.1 Å². The van der Waals surface area contributed by atoms with Crippen molar-refractivity contribution in [2.45, 2.75) is 33.3 Å². The van der Waals surface area contributed by atoms with Crippen molar-refractivity contribution >= 4 is 17.3 Å². The average Bonchev–Trinajstić information content (AvgIpc) is 2.38. The molecule has 1 aromatic carbocycles. The van der Waals surface area contributed by atoms with Crippen LogP contribution in [0.2, 0.25) is 0 Å². The number of hydrogen-bond donors (Lipinski definition) is 3. The van der Waals surface area contributed by atoms with Crippen LogP contribution in [-0.2, 0) is 4.74 Å². The molecule has 1 unspecified atom stereocenters. The van der Waals surface area contributed by atoms with Crippen molar-refractivity contribution in [3.8, 4) is 0 Å². The topological polar surface area (TPSA) is 84.6 Å². The molecule has 0 aliphatic heterocycles. The molecule has 4 N–H and O–H groups in total. The molecule has 1 aromatic rings. The molecular weight excluding hydrogens is 256 g/mol. The number of aliphatic hydroxyl groups excluding tert-OH is 1. The van der Waals surface area contributed by atoms with Crippen molar-refractivity contribution in [2.75, 3.05) is 24.7 Å². The SMILES string of the molecule is COC(=O)c1cc(NCC(O)CC(C)C)cc(C)c1N. The van der Waals surface area contributed by atoms with E-state index in [1.165, 1.54) is 7.11 Å². The van der Waals surface area contributed by atoms with Crippen LogP contribution in [0, 0.1) is 12.8 Å². The average molecular weight is 280 g/mol. The first-order valence-corrected chi connectivity index (χ1v) is 6.75. The number of hydrogen-bond acceptors (Lipinski definition) is 5. The Kier molecular flexibility index (Phi) is 5.82. The lowest BCUT2D eigenvalue weighted by molar-refractivity contribution is 0.0602. The first kappa shape index (κ1) is 16.3. The molecule has 20 heavy (non-hydrogen) atoms. The van der Waals surface area contributed by atoms with E-state index >= 15 is 0 Å². The van der Waals surface area contributed by atoms with E-state index in [1.54, 1.807) is 6.07 Å². The fourth-order valence-corrected chi connectivity index (χ4v) is 2.04. The highest BCUT2D eigenvalue weighted by atomic mass is 16.5. The minimum atomic E-state index is -0.461. The molecule has 0 radical (unpaired) electrons. The van der Waals surface area contributed by atoms with Crippen LogP contribution in [0.3, 0.4) is 0 Å². The molecule has 5 heteroatoms. The van der Waals surface area contributed by atoms with E-state index in [-0.39, 0.29) is 0 Å². The molecule has 0 heterocycles. The van der Waals surface area contributed by atoms with Crippen molar-refractivity contribution in [3.05, 3.63) is 23.3 Å². The van der Waals surface area contributed by atoms with Gasteiger partial charge in [0.2, 0.25) is 0 Å². The Morgan fingerprint density at radius 1 is 1.45 bits per heavy atom. The second kappa shape index (κ2) is 7.14. The van der Waals surface area contributed by atoms with Crippen molar-refractivity contribution in [1.29, 1.82) is 0 Å². The number of carbonyl (C=O) groups is 1. The van der Waals surface area contributed by atoms with Crippen LogP contribution in [0.15, 0.2) is 12.1 Å². The lowest BCUT2D eigenvalue weighted by Crippen LogP contribution is -2.21. The van der Waals surface area contributed by atoms with Crippen LogP contribution >= 0.6 is 0 Å². The number of benzene rings is 1. The number of nitrogen functional groups attached to an aromatic ring is 1. The molecule has 0 saturated heterocycles. The van der Waals surface area contributed by atoms with Gasteiger partial charge in [0.1, 0.15) is 0 Å². The maximum Gasteiger partial charge on any atom is 0.340 e. The minimum Gasteiger partial charge on any atom is -0.465 e. The fraction of sp³-hybridized carbons (Fsp3) is 0.533. The van der Waals surface area contributed by atoms with E-state index in [1.807, 2.05) is 13.0 Å². The zero-order valence-electron chi connectivity index (χ0n) is 12.6. The number of anilines is 2. The van der Waals surface area contributed by atoms with Gasteiger partial charge in [-0.3, -0.25) is 0 Å². The van der Waals surface area contributed by atoms with Crippen LogP contribution in [0.5, 0.6) is 0 Å². The summed E-state index contributed by atoms with van der Waals surface area (Å²) in [5.74, 6) is -0.0254. The summed E-state index contributed by atoms with van der Waals surface area (Å²) in [6.45, 7) is 6.39. The number of methoxy groups -OCH3 is 1. The maximum atomic E-state index is 11.6. The number of nitrogens with two attached hydrogens (primary N) is 1. The monoisotopic (exact) mass is 280 g/mol. The molecule has 5 nitrogen and oxygen atoms in total.